The van der Waals surface area contributed by atoms with Crippen LogP contribution >= 0.6 is 11.8 Å². The smallest absolute Gasteiger partial charge is 0.144 e. The van der Waals surface area contributed by atoms with Crippen LogP contribution in [0.4, 0.5) is 11.4 Å². The molecule has 0 bridgehead atoms. The molecule has 1 heterocycles. The topological polar surface area (TPSA) is 47.3 Å². The Balaban J connectivity index is 1.99. The number of nitrogen functional groups attached to an aromatic ring is 1. The molecule has 1 aliphatic heterocycles. The first-order valence-electron chi connectivity index (χ1n) is 6.66. The lowest BCUT2D eigenvalue weighted by Crippen LogP contribution is -2.25. The minimum Gasteiger partial charge on any atom is -0.491 e. The number of hydrogen-bond donors (Lipinski definition) is 2. The average Bonchev–Trinajstić information content (AvgIpc) is 2.40. The van der Waals surface area contributed by atoms with Crippen molar-refractivity contribution in [1.29, 1.82) is 0 Å². The second-order valence-electron chi connectivity index (χ2n) is 4.66. The molecular formula is C14H22N2OS. The van der Waals surface area contributed by atoms with Crippen molar-refractivity contribution in [2.75, 3.05) is 29.2 Å². The van der Waals surface area contributed by atoms with E-state index in [1.54, 1.807) is 0 Å². The van der Waals surface area contributed by atoms with Crippen LogP contribution in [0.5, 0.6) is 5.75 Å². The van der Waals surface area contributed by atoms with Crippen molar-refractivity contribution < 1.29 is 4.74 Å². The summed E-state index contributed by atoms with van der Waals surface area (Å²) in [5.41, 5.74) is 7.74. The lowest BCUT2D eigenvalue weighted by atomic mass is 10.1. The van der Waals surface area contributed by atoms with Gasteiger partial charge in [0.15, 0.2) is 0 Å². The fourth-order valence-electron chi connectivity index (χ4n) is 2.05. The SMILES string of the molecule is CCCOc1cc(NC2CCCSC2)ccc1N. The molecule has 3 nitrogen and oxygen atoms in total. The first kappa shape index (κ1) is 13.4. The Morgan fingerprint density at radius 1 is 1.50 bits per heavy atom. The molecule has 0 aromatic heterocycles. The molecule has 0 amide bonds. The Kier molecular flexibility index (Phi) is 5.05. The van der Waals surface area contributed by atoms with Gasteiger partial charge in [0.05, 0.1) is 12.3 Å². The van der Waals surface area contributed by atoms with Crippen LogP contribution < -0.4 is 15.8 Å². The molecule has 3 N–H and O–H groups in total. The van der Waals surface area contributed by atoms with Gasteiger partial charge >= 0.3 is 0 Å². The number of nitrogens with one attached hydrogen (secondary N) is 1. The number of rotatable bonds is 5. The Bertz CT molecular complexity index is 378. The second-order valence-corrected chi connectivity index (χ2v) is 5.81. The highest BCUT2D eigenvalue weighted by Gasteiger charge is 2.13. The van der Waals surface area contributed by atoms with E-state index in [0.29, 0.717) is 18.3 Å². The third-order valence-electron chi connectivity index (χ3n) is 3.01. The number of nitrogens with two attached hydrogens (primary N) is 1. The quantitative estimate of drug-likeness (QED) is 0.802. The van der Waals surface area contributed by atoms with Gasteiger partial charge in [-0.1, -0.05) is 6.92 Å². The van der Waals surface area contributed by atoms with Gasteiger partial charge in [-0.25, -0.2) is 0 Å². The highest BCUT2D eigenvalue weighted by atomic mass is 32.2. The minimum atomic E-state index is 0.575. The maximum atomic E-state index is 5.91. The molecule has 1 aromatic rings. The molecule has 0 radical (unpaired) electrons. The molecule has 1 saturated heterocycles. The summed E-state index contributed by atoms with van der Waals surface area (Å²) in [6.07, 6.45) is 3.55. The highest BCUT2D eigenvalue weighted by Crippen LogP contribution is 2.27. The monoisotopic (exact) mass is 266 g/mol. The number of thioether (sulfide) groups is 1. The summed E-state index contributed by atoms with van der Waals surface area (Å²) in [4.78, 5) is 0. The van der Waals surface area contributed by atoms with Gasteiger partial charge in [-0.3, -0.25) is 0 Å². The van der Waals surface area contributed by atoms with E-state index >= 15 is 0 Å². The summed E-state index contributed by atoms with van der Waals surface area (Å²) < 4.78 is 5.65. The van der Waals surface area contributed by atoms with Gasteiger partial charge in [0.2, 0.25) is 0 Å². The van der Waals surface area contributed by atoms with Gasteiger partial charge in [-0.2, -0.15) is 11.8 Å². The largest absolute Gasteiger partial charge is 0.491 e. The Hall–Kier alpha value is -1.03. The molecule has 1 aromatic carbocycles. The summed E-state index contributed by atoms with van der Waals surface area (Å²) >= 11 is 2.03. The van der Waals surface area contributed by atoms with Crippen LogP contribution in [-0.2, 0) is 0 Å². The zero-order chi connectivity index (χ0) is 12.8. The van der Waals surface area contributed by atoms with Crippen LogP contribution in [0, 0.1) is 0 Å². The summed E-state index contributed by atoms with van der Waals surface area (Å²) in [7, 11) is 0. The lowest BCUT2D eigenvalue weighted by molar-refractivity contribution is 0.319. The van der Waals surface area contributed by atoms with Gasteiger partial charge in [-0.15, -0.1) is 0 Å². The number of hydrogen-bond acceptors (Lipinski definition) is 4. The molecule has 0 spiro atoms. The average molecular weight is 266 g/mol. The molecular weight excluding hydrogens is 244 g/mol. The zero-order valence-electron chi connectivity index (χ0n) is 10.9. The fourth-order valence-corrected chi connectivity index (χ4v) is 3.12. The predicted molar refractivity (Wildman–Crippen MR) is 80.6 cm³/mol. The molecule has 1 aliphatic rings. The Morgan fingerprint density at radius 2 is 2.39 bits per heavy atom. The normalized spacial score (nSPS) is 19.5. The third kappa shape index (κ3) is 3.73. The van der Waals surface area contributed by atoms with Gasteiger partial charge in [0, 0.05) is 23.5 Å². The van der Waals surface area contributed by atoms with Crippen LogP contribution in [0.1, 0.15) is 26.2 Å². The molecule has 1 unspecified atom stereocenters. The maximum absolute atomic E-state index is 5.91. The minimum absolute atomic E-state index is 0.575. The van der Waals surface area contributed by atoms with Crippen molar-refractivity contribution in [3.8, 4) is 5.75 Å². The number of anilines is 2. The standard InChI is InChI=1S/C14H22N2OS/c1-2-7-17-14-9-11(5-6-13(14)15)16-12-4-3-8-18-10-12/h5-6,9,12,16H,2-4,7-8,10,15H2,1H3. The maximum Gasteiger partial charge on any atom is 0.144 e. The first-order valence-corrected chi connectivity index (χ1v) is 7.81. The molecule has 0 saturated carbocycles. The van der Waals surface area contributed by atoms with Crippen LogP contribution in [0.2, 0.25) is 0 Å². The first-order chi connectivity index (χ1) is 8.79. The van der Waals surface area contributed by atoms with Crippen molar-refractivity contribution >= 4 is 23.1 Å². The van der Waals surface area contributed by atoms with E-state index in [1.807, 2.05) is 30.0 Å². The summed E-state index contributed by atoms with van der Waals surface area (Å²) in [5.74, 6) is 3.28. The third-order valence-corrected chi connectivity index (χ3v) is 4.22. The van der Waals surface area contributed by atoms with Gasteiger partial charge in [0.1, 0.15) is 5.75 Å². The van der Waals surface area contributed by atoms with Crippen LogP contribution in [0.15, 0.2) is 18.2 Å². The van der Waals surface area contributed by atoms with E-state index in [-0.39, 0.29) is 0 Å². The van der Waals surface area contributed by atoms with Crippen molar-refractivity contribution in [1.82, 2.24) is 0 Å². The molecule has 1 atom stereocenters. The molecule has 1 fully saturated rings. The van der Waals surface area contributed by atoms with Crippen LogP contribution in [0.25, 0.3) is 0 Å². The molecule has 100 valence electrons. The predicted octanol–water partition coefficient (Wildman–Crippen LogP) is 3.37. The van der Waals surface area contributed by atoms with E-state index < -0.39 is 0 Å². The highest BCUT2D eigenvalue weighted by molar-refractivity contribution is 7.99. The van der Waals surface area contributed by atoms with E-state index in [4.69, 9.17) is 10.5 Å². The van der Waals surface area contributed by atoms with Gasteiger partial charge < -0.3 is 15.8 Å². The van der Waals surface area contributed by atoms with Crippen molar-refractivity contribution in [3.05, 3.63) is 18.2 Å². The van der Waals surface area contributed by atoms with Crippen molar-refractivity contribution in [2.24, 2.45) is 0 Å². The lowest BCUT2D eigenvalue weighted by Gasteiger charge is -2.24. The number of benzene rings is 1. The van der Waals surface area contributed by atoms with Crippen LogP contribution in [-0.4, -0.2) is 24.2 Å². The zero-order valence-corrected chi connectivity index (χ0v) is 11.8. The summed E-state index contributed by atoms with van der Waals surface area (Å²) in [6, 6.07) is 6.55. The second kappa shape index (κ2) is 6.78. The molecule has 18 heavy (non-hydrogen) atoms. The van der Waals surface area contributed by atoms with E-state index in [1.165, 1.54) is 24.3 Å². The number of ether oxygens (including phenoxy) is 1. The van der Waals surface area contributed by atoms with E-state index in [9.17, 15) is 0 Å². The molecule has 2 rings (SSSR count). The van der Waals surface area contributed by atoms with Gasteiger partial charge in [-0.05, 0) is 37.1 Å². The fraction of sp³-hybridized carbons (Fsp3) is 0.571. The summed E-state index contributed by atoms with van der Waals surface area (Å²) in [5, 5.41) is 3.57. The van der Waals surface area contributed by atoms with E-state index in [2.05, 4.69) is 12.2 Å². The van der Waals surface area contributed by atoms with Crippen molar-refractivity contribution in [2.45, 2.75) is 32.2 Å². The summed E-state index contributed by atoms with van der Waals surface area (Å²) in [6.45, 7) is 2.81. The van der Waals surface area contributed by atoms with Gasteiger partial charge in [0.25, 0.3) is 0 Å². The molecule has 4 heteroatoms. The van der Waals surface area contributed by atoms with Crippen LogP contribution in [0.3, 0.4) is 0 Å². The Morgan fingerprint density at radius 3 is 3.11 bits per heavy atom. The molecule has 0 aliphatic carbocycles. The Labute approximate surface area is 113 Å². The van der Waals surface area contributed by atoms with E-state index in [0.717, 1.165) is 17.9 Å². The van der Waals surface area contributed by atoms with Crippen molar-refractivity contribution in [3.63, 3.8) is 0 Å².